The van der Waals surface area contributed by atoms with Gasteiger partial charge in [-0.1, -0.05) is 0 Å². The number of aliphatic hydroxyl groups excluding tert-OH is 1. The molecule has 0 unspecified atom stereocenters. The number of hydrogen-bond acceptors (Lipinski definition) is 3. The average molecular weight is 275 g/mol. The van der Waals surface area contributed by atoms with Crippen molar-refractivity contribution in [1.82, 2.24) is 10.2 Å². The molecule has 21 heavy (non-hydrogen) atoms. The number of nitrogens with zero attached hydrogens (tertiary/aromatic N) is 1. The van der Waals surface area contributed by atoms with Crippen LogP contribution in [0.25, 0.3) is 0 Å². The largest absolute Gasteiger partial charge is 0.495 e. The normalized spacial score (nSPS) is 12.3. The molecule has 1 fully saturated rings. The van der Waals surface area contributed by atoms with Gasteiger partial charge in [0, 0.05) is 42.9 Å². The zero-order valence-electron chi connectivity index (χ0n) is 11.7. The first-order valence-corrected chi connectivity index (χ1v) is 6.39. The van der Waals surface area contributed by atoms with E-state index in [1.165, 1.54) is 0 Å². The smallest absolute Gasteiger partial charge is 0.176 e. The van der Waals surface area contributed by atoms with Gasteiger partial charge in [0.1, 0.15) is 0 Å². The van der Waals surface area contributed by atoms with Crippen LogP contribution in [0.15, 0.2) is 12.5 Å². The van der Waals surface area contributed by atoms with E-state index in [0.717, 1.165) is 25.9 Å². The molecule has 2 N–H and O–H groups in total. The molecule has 1 aliphatic rings. The predicted octanol–water partition coefficient (Wildman–Crippen LogP) is 0.878. The fraction of sp³-hybridized carbons (Fsp3) is 0.278. The van der Waals surface area contributed by atoms with Gasteiger partial charge in [0.2, 0.25) is 0 Å². The van der Waals surface area contributed by atoms with E-state index in [-0.39, 0.29) is 11.9 Å². The zero-order chi connectivity index (χ0) is 15.3. The van der Waals surface area contributed by atoms with Crippen LogP contribution >= 0.6 is 0 Å². The minimum atomic E-state index is 0.0215. The Balaban J connectivity index is 2.36. The quantitative estimate of drug-likeness (QED) is 0.446. The third kappa shape index (κ3) is 7.75. The summed E-state index contributed by atoms with van der Waals surface area (Å²) in [6.45, 7) is 8.41. The summed E-state index contributed by atoms with van der Waals surface area (Å²) in [6, 6.07) is 3.23. The van der Waals surface area contributed by atoms with Crippen LogP contribution in [0.3, 0.4) is 0 Å². The molecule has 0 aromatic rings. The standard InChI is InChI=1S/C18H15N2O/c1-3-4-5-6-7-8-9-10-11-14-20-15-12-18(13-16-20)19-17(2)21/h18-19,21H,1-2,12-13,15-16H2/q-1. The molecule has 0 aromatic heterocycles. The molecule has 0 spiro atoms. The van der Waals surface area contributed by atoms with Crippen LogP contribution in [-0.4, -0.2) is 29.1 Å². The van der Waals surface area contributed by atoms with E-state index in [1.54, 1.807) is 0 Å². The number of hydrogen-bond donors (Lipinski definition) is 2. The first kappa shape index (κ1) is 15.9. The molecule has 0 bridgehead atoms. The average Bonchev–Trinajstić information content (AvgIpc) is 2.47. The van der Waals surface area contributed by atoms with Crippen LogP contribution in [0, 0.1) is 66.3 Å². The molecule has 1 heterocycles. The molecule has 1 saturated heterocycles. The van der Waals surface area contributed by atoms with Gasteiger partial charge in [-0.2, -0.15) is 6.92 Å². The molecule has 0 aromatic carbocycles. The lowest BCUT2D eigenvalue weighted by Crippen LogP contribution is -2.40. The monoisotopic (exact) mass is 275 g/mol. The summed E-state index contributed by atoms with van der Waals surface area (Å²) in [5, 5.41) is 12.0. The summed E-state index contributed by atoms with van der Waals surface area (Å²) >= 11 is 0. The van der Waals surface area contributed by atoms with Gasteiger partial charge in [0.05, 0.1) is 0 Å². The molecule has 3 nitrogen and oxygen atoms in total. The Bertz CT molecular complexity index is 670. The van der Waals surface area contributed by atoms with E-state index < -0.39 is 0 Å². The molecule has 0 aliphatic carbocycles. The second-order valence-corrected chi connectivity index (χ2v) is 4.14. The van der Waals surface area contributed by atoms with E-state index in [0.29, 0.717) is 0 Å². The maximum atomic E-state index is 9.06. The van der Waals surface area contributed by atoms with Crippen LogP contribution in [0.2, 0.25) is 0 Å². The van der Waals surface area contributed by atoms with Crippen molar-refractivity contribution in [3.63, 3.8) is 0 Å². The van der Waals surface area contributed by atoms with Crippen LogP contribution in [-0.2, 0) is 0 Å². The highest BCUT2D eigenvalue weighted by molar-refractivity contribution is 5.42. The molecule has 3 heteroatoms. The van der Waals surface area contributed by atoms with E-state index in [9.17, 15) is 0 Å². The number of aliphatic hydroxyl groups is 1. The van der Waals surface area contributed by atoms with Crippen molar-refractivity contribution >= 4 is 0 Å². The lowest BCUT2D eigenvalue weighted by atomic mass is 10.1. The number of likely N-dealkylation sites (tertiary alicyclic amines) is 1. The van der Waals surface area contributed by atoms with Crippen molar-refractivity contribution < 1.29 is 5.11 Å². The minimum Gasteiger partial charge on any atom is -0.495 e. The maximum Gasteiger partial charge on any atom is 0.176 e. The van der Waals surface area contributed by atoms with E-state index in [2.05, 4.69) is 78.1 Å². The molecule has 0 atom stereocenters. The molecule has 1 aliphatic heterocycles. The van der Waals surface area contributed by atoms with E-state index in [1.807, 2.05) is 4.90 Å². The van der Waals surface area contributed by atoms with E-state index >= 15 is 0 Å². The Hall–Kier alpha value is -3.19. The van der Waals surface area contributed by atoms with Crippen LogP contribution in [0.5, 0.6) is 0 Å². The van der Waals surface area contributed by atoms with Crippen molar-refractivity contribution in [2.24, 2.45) is 0 Å². The Morgan fingerprint density at radius 1 is 1.00 bits per heavy atom. The maximum absolute atomic E-state index is 9.06. The topological polar surface area (TPSA) is 35.5 Å². The first-order chi connectivity index (χ1) is 10.2. The molecule has 0 amide bonds. The van der Waals surface area contributed by atoms with Gasteiger partial charge in [-0.25, -0.2) is 5.92 Å². The molecule has 1 rings (SSSR count). The van der Waals surface area contributed by atoms with Crippen LogP contribution in [0.1, 0.15) is 12.8 Å². The SMILES string of the molecule is C=C(O)NC1CCN(C#CC#CC#CC#CC#C[CH2-])CC1. The molecule has 0 radical (unpaired) electrons. The van der Waals surface area contributed by atoms with Crippen molar-refractivity contribution in [2.75, 3.05) is 13.1 Å². The molecule has 104 valence electrons. The number of piperidine rings is 1. The number of rotatable bonds is 2. The van der Waals surface area contributed by atoms with Gasteiger partial charge in [-0.3, -0.25) is 5.92 Å². The Morgan fingerprint density at radius 3 is 2.05 bits per heavy atom. The predicted molar refractivity (Wildman–Crippen MR) is 83.7 cm³/mol. The summed E-state index contributed by atoms with van der Waals surface area (Å²) < 4.78 is 0. The van der Waals surface area contributed by atoms with Gasteiger partial charge in [-0.15, -0.1) is 5.92 Å². The van der Waals surface area contributed by atoms with Crippen molar-refractivity contribution in [3.8, 4) is 59.3 Å². The second-order valence-electron chi connectivity index (χ2n) is 4.14. The van der Waals surface area contributed by atoms with Gasteiger partial charge < -0.3 is 15.3 Å². The van der Waals surface area contributed by atoms with Crippen molar-refractivity contribution in [1.29, 1.82) is 0 Å². The van der Waals surface area contributed by atoms with Crippen LogP contribution in [0.4, 0.5) is 0 Å². The summed E-state index contributed by atoms with van der Waals surface area (Å²) in [6.07, 6.45) is 1.81. The molecular formula is C18H15N2O-. The summed E-state index contributed by atoms with van der Waals surface area (Å²) in [5.74, 6) is 23.1. The number of nitrogens with one attached hydrogen (secondary N) is 1. The highest BCUT2D eigenvalue weighted by atomic mass is 16.3. The van der Waals surface area contributed by atoms with Gasteiger partial charge >= 0.3 is 0 Å². The van der Waals surface area contributed by atoms with Gasteiger partial charge in [0.25, 0.3) is 0 Å². The van der Waals surface area contributed by atoms with Crippen molar-refractivity contribution in [2.45, 2.75) is 18.9 Å². The fourth-order valence-electron chi connectivity index (χ4n) is 1.71. The van der Waals surface area contributed by atoms with Gasteiger partial charge in [-0.05, 0) is 37.2 Å². The van der Waals surface area contributed by atoms with Gasteiger partial charge in [0.15, 0.2) is 5.88 Å². The lowest BCUT2D eigenvalue weighted by molar-refractivity contribution is 0.252. The lowest BCUT2D eigenvalue weighted by Gasteiger charge is -2.29. The Labute approximate surface area is 126 Å². The minimum absolute atomic E-state index is 0.0215. The Kier molecular flexibility index (Phi) is 7.33. The first-order valence-electron chi connectivity index (χ1n) is 6.39. The Morgan fingerprint density at radius 2 is 1.52 bits per heavy atom. The second kappa shape index (κ2) is 9.70. The highest BCUT2D eigenvalue weighted by Crippen LogP contribution is 2.09. The molecular weight excluding hydrogens is 260 g/mol. The summed E-state index contributed by atoms with van der Waals surface area (Å²) in [5.41, 5.74) is 0. The van der Waals surface area contributed by atoms with E-state index in [4.69, 9.17) is 5.11 Å². The summed E-state index contributed by atoms with van der Waals surface area (Å²) in [7, 11) is 0. The van der Waals surface area contributed by atoms with Crippen LogP contribution < -0.4 is 5.32 Å². The third-order valence-corrected chi connectivity index (χ3v) is 2.61. The highest BCUT2D eigenvalue weighted by Gasteiger charge is 2.16. The van der Waals surface area contributed by atoms with Crippen molar-refractivity contribution in [3.05, 3.63) is 19.4 Å². The fourth-order valence-corrected chi connectivity index (χ4v) is 1.71. The zero-order valence-corrected chi connectivity index (χ0v) is 11.7. The third-order valence-electron chi connectivity index (χ3n) is 2.61. The summed E-state index contributed by atoms with van der Waals surface area (Å²) in [4.78, 5) is 2.00. The molecule has 0 saturated carbocycles.